The van der Waals surface area contributed by atoms with E-state index < -0.39 is 5.60 Å². The van der Waals surface area contributed by atoms with Gasteiger partial charge in [-0.1, -0.05) is 12.8 Å². The lowest BCUT2D eigenvalue weighted by molar-refractivity contribution is 0.0614. The molecule has 1 fully saturated rings. The van der Waals surface area contributed by atoms with E-state index in [0.29, 0.717) is 12.4 Å². The van der Waals surface area contributed by atoms with Gasteiger partial charge in [0.05, 0.1) is 11.0 Å². The second kappa shape index (κ2) is 4.64. The maximum Gasteiger partial charge on any atom is 0.225 e. The highest BCUT2D eigenvalue weighted by Crippen LogP contribution is 2.31. The van der Waals surface area contributed by atoms with E-state index in [1.165, 1.54) is 11.3 Å². The number of aromatic nitrogens is 2. The summed E-state index contributed by atoms with van der Waals surface area (Å²) in [6.07, 6.45) is 3.89. The van der Waals surface area contributed by atoms with Crippen LogP contribution in [0.5, 0.6) is 0 Å². The number of nitrogens with one attached hydrogen (secondary N) is 1. The number of thiophene rings is 1. The summed E-state index contributed by atoms with van der Waals surface area (Å²) < 4.78 is 0. The molecule has 0 unspecified atom stereocenters. The fourth-order valence-electron chi connectivity index (χ4n) is 2.42. The van der Waals surface area contributed by atoms with E-state index in [1.807, 2.05) is 11.4 Å². The number of nitrogens with zero attached hydrogens (tertiary/aromatic N) is 2. The van der Waals surface area contributed by atoms with E-state index >= 15 is 0 Å². The van der Waals surface area contributed by atoms with E-state index in [-0.39, 0.29) is 5.28 Å². The molecule has 18 heavy (non-hydrogen) atoms. The molecule has 0 spiro atoms. The molecule has 0 aromatic carbocycles. The zero-order valence-corrected chi connectivity index (χ0v) is 11.4. The number of fused-ring (bicyclic) bond motifs is 1. The molecule has 1 saturated carbocycles. The van der Waals surface area contributed by atoms with Crippen LogP contribution in [0.1, 0.15) is 25.7 Å². The fourth-order valence-corrected chi connectivity index (χ4v) is 3.41. The Kier molecular flexibility index (Phi) is 3.13. The maximum absolute atomic E-state index is 10.3. The van der Waals surface area contributed by atoms with Crippen molar-refractivity contribution in [2.24, 2.45) is 0 Å². The molecule has 0 amide bonds. The average Bonchev–Trinajstić information content (AvgIpc) is 2.95. The SMILES string of the molecule is OC1(CNc2nc(Cl)nc3sccc23)CCCC1. The molecule has 0 atom stereocenters. The minimum atomic E-state index is -0.597. The summed E-state index contributed by atoms with van der Waals surface area (Å²) in [5, 5.41) is 16.7. The van der Waals surface area contributed by atoms with E-state index in [1.54, 1.807) is 0 Å². The largest absolute Gasteiger partial charge is 0.388 e. The van der Waals surface area contributed by atoms with Crippen LogP contribution in [-0.4, -0.2) is 27.2 Å². The Bertz CT molecular complexity index is 565. The molecule has 2 aromatic rings. The number of anilines is 1. The van der Waals surface area contributed by atoms with Crippen molar-refractivity contribution in [1.82, 2.24) is 9.97 Å². The molecule has 2 aromatic heterocycles. The molecule has 0 bridgehead atoms. The Hall–Kier alpha value is -0.910. The summed E-state index contributed by atoms with van der Waals surface area (Å²) in [5.74, 6) is 0.714. The van der Waals surface area contributed by atoms with Crippen molar-refractivity contribution >= 4 is 39.0 Å². The summed E-state index contributed by atoms with van der Waals surface area (Å²) in [7, 11) is 0. The first-order valence-electron chi connectivity index (χ1n) is 6.03. The molecular weight excluding hydrogens is 270 g/mol. The Morgan fingerprint density at radius 1 is 1.39 bits per heavy atom. The van der Waals surface area contributed by atoms with Crippen molar-refractivity contribution in [3.8, 4) is 0 Å². The normalized spacial score (nSPS) is 18.3. The molecule has 3 rings (SSSR count). The third-order valence-corrected chi connectivity index (χ3v) is 4.39. The molecular formula is C12H14ClN3OS. The first kappa shape index (κ1) is 12.1. The summed E-state index contributed by atoms with van der Waals surface area (Å²) in [5.41, 5.74) is -0.597. The smallest absolute Gasteiger partial charge is 0.225 e. The number of rotatable bonds is 3. The zero-order chi connectivity index (χ0) is 12.6. The van der Waals surface area contributed by atoms with Crippen LogP contribution >= 0.6 is 22.9 Å². The van der Waals surface area contributed by atoms with E-state index in [2.05, 4.69) is 15.3 Å². The van der Waals surface area contributed by atoms with Crippen molar-refractivity contribution in [2.75, 3.05) is 11.9 Å². The molecule has 1 aliphatic rings. The lowest BCUT2D eigenvalue weighted by Gasteiger charge is -2.22. The minimum Gasteiger partial charge on any atom is -0.388 e. The number of hydrogen-bond acceptors (Lipinski definition) is 5. The van der Waals surface area contributed by atoms with Crippen molar-refractivity contribution in [3.63, 3.8) is 0 Å². The van der Waals surface area contributed by atoms with Crippen molar-refractivity contribution in [3.05, 3.63) is 16.7 Å². The quantitative estimate of drug-likeness (QED) is 0.850. The molecule has 0 saturated heterocycles. The highest BCUT2D eigenvalue weighted by Gasteiger charge is 2.31. The molecule has 6 heteroatoms. The summed E-state index contributed by atoms with van der Waals surface area (Å²) >= 11 is 7.43. The van der Waals surface area contributed by atoms with Crippen LogP contribution < -0.4 is 5.32 Å². The number of halogens is 1. The van der Waals surface area contributed by atoms with E-state index in [0.717, 1.165) is 35.9 Å². The van der Waals surface area contributed by atoms with Gasteiger partial charge in [-0.3, -0.25) is 0 Å². The second-order valence-electron chi connectivity index (χ2n) is 4.77. The van der Waals surface area contributed by atoms with E-state index in [4.69, 9.17) is 11.6 Å². The van der Waals surface area contributed by atoms with Gasteiger partial charge in [0.1, 0.15) is 10.6 Å². The van der Waals surface area contributed by atoms with Gasteiger partial charge in [-0.25, -0.2) is 9.97 Å². The van der Waals surface area contributed by atoms with Gasteiger partial charge in [0.25, 0.3) is 0 Å². The highest BCUT2D eigenvalue weighted by atomic mass is 35.5. The van der Waals surface area contributed by atoms with Crippen molar-refractivity contribution in [1.29, 1.82) is 0 Å². The third kappa shape index (κ3) is 2.30. The Morgan fingerprint density at radius 3 is 2.94 bits per heavy atom. The molecule has 0 radical (unpaired) electrons. The first-order valence-corrected chi connectivity index (χ1v) is 7.29. The van der Waals surface area contributed by atoms with Gasteiger partial charge >= 0.3 is 0 Å². The lowest BCUT2D eigenvalue weighted by Crippen LogP contribution is -2.33. The standard InChI is InChI=1S/C12H14ClN3OS/c13-11-15-9(8-3-6-18-10(8)16-11)14-7-12(17)4-1-2-5-12/h3,6,17H,1-2,4-5,7H2,(H,14,15,16). The van der Waals surface area contributed by atoms with Gasteiger partial charge in [-0.2, -0.15) is 0 Å². The van der Waals surface area contributed by atoms with Crippen LogP contribution in [0.25, 0.3) is 10.2 Å². The number of hydrogen-bond donors (Lipinski definition) is 2. The van der Waals surface area contributed by atoms with Crippen LogP contribution in [0.3, 0.4) is 0 Å². The molecule has 4 nitrogen and oxygen atoms in total. The zero-order valence-electron chi connectivity index (χ0n) is 9.82. The van der Waals surface area contributed by atoms with Gasteiger partial charge in [-0.05, 0) is 35.9 Å². The van der Waals surface area contributed by atoms with Crippen LogP contribution in [-0.2, 0) is 0 Å². The number of aliphatic hydroxyl groups is 1. The first-order chi connectivity index (χ1) is 8.66. The van der Waals surface area contributed by atoms with E-state index in [9.17, 15) is 5.11 Å². The predicted molar refractivity (Wildman–Crippen MR) is 74.3 cm³/mol. The van der Waals surface area contributed by atoms with Crippen LogP contribution in [0.15, 0.2) is 11.4 Å². The second-order valence-corrected chi connectivity index (χ2v) is 6.00. The monoisotopic (exact) mass is 283 g/mol. The van der Waals surface area contributed by atoms with Crippen molar-refractivity contribution < 1.29 is 5.11 Å². The molecule has 2 heterocycles. The molecule has 1 aliphatic carbocycles. The van der Waals surface area contributed by atoms with Gasteiger partial charge in [0.2, 0.25) is 5.28 Å². The van der Waals surface area contributed by atoms with Gasteiger partial charge in [0.15, 0.2) is 0 Å². The van der Waals surface area contributed by atoms with Crippen molar-refractivity contribution in [2.45, 2.75) is 31.3 Å². The summed E-state index contributed by atoms with van der Waals surface area (Å²) in [6, 6.07) is 1.97. The van der Waals surface area contributed by atoms with Gasteiger partial charge in [0, 0.05) is 6.54 Å². The van der Waals surface area contributed by atoms with Gasteiger partial charge < -0.3 is 10.4 Å². The van der Waals surface area contributed by atoms with Crippen LogP contribution in [0.2, 0.25) is 5.28 Å². The summed E-state index contributed by atoms with van der Waals surface area (Å²) in [4.78, 5) is 9.24. The topological polar surface area (TPSA) is 58.0 Å². The summed E-state index contributed by atoms with van der Waals surface area (Å²) in [6.45, 7) is 0.519. The van der Waals surface area contributed by atoms with Crippen LogP contribution in [0, 0.1) is 0 Å². The Labute approximate surface area is 114 Å². The predicted octanol–water partition coefficient (Wildman–Crippen LogP) is 3.06. The molecule has 96 valence electrons. The maximum atomic E-state index is 10.3. The highest BCUT2D eigenvalue weighted by molar-refractivity contribution is 7.16. The lowest BCUT2D eigenvalue weighted by atomic mass is 10.0. The minimum absolute atomic E-state index is 0.242. The van der Waals surface area contributed by atoms with Gasteiger partial charge in [-0.15, -0.1) is 11.3 Å². The fraction of sp³-hybridized carbons (Fsp3) is 0.500. The molecule has 0 aliphatic heterocycles. The Balaban J connectivity index is 1.83. The molecule has 2 N–H and O–H groups in total. The average molecular weight is 284 g/mol. The van der Waals surface area contributed by atoms with Crippen LogP contribution in [0.4, 0.5) is 5.82 Å². The third-order valence-electron chi connectivity index (χ3n) is 3.42. The Morgan fingerprint density at radius 2 is 2.17 bits per heavy atom.